The van der Waals surface area contributed by atoms with E-state index in [1.54, 1.807) is 29.2 Å². The van der Waals surface area contributed by atoms with Crippen molar-refractivity contribution in [1.29, 1.82) is 0 Å². The molecule has 0 saturated carbocycles. The molecule has 2 aliphatic rings. The van der Waals surface area contributed by atoms with Gasteiger partial charge in [-0.1, -0.05) is 72.9 Å². The fourth-order valence-electron chi connectivity index (χ4n) is 3.68. The summed E-state index contributed by atoms with van der Waals surface area (Å²) < 4.78 is 31.1. The van der Waals surface area contributed by atoms with Crippen LogP contribution in [0.4, 0.5) is 13.6 Å². The number of halogens is 2. The number of ether oxygens (including phenoxy) is 1. The van der Waals surface area contributed by atoms with Crippen LogP contribution in [-0.2, 0) is 4.74 Å². The molecule has 0 aromatic heterocycles. The maximum Gasteiger partial charge on any atom is 0.410 e. The SMILES string of the molecule is C=C1CCN(C(=O)OC(C)(C)C)CC1.C=Cc1ccccc1F.Fc1ccccc1C=C1CCNCC1. The second-order valence-electron chi connectivity index (χ2n) is 10.0. The van der Waals surface area contributed by atoms with Gasteiger partial charge in [-0.25, -0.2) is 13.6 Å². The van der Waals surface area contributed by atoms with Crippen molar-refractivity contribution in [3.8, 4) is 0 Å². The van der Waals surface area contributed by atoms with Crippen LogP contribution in [-0.4, -0.2) is 42.8 Å². The monoisotopic (exact) mass is 510 g/mol. The Morgan fingerprint density at radius 2 is 1.43 bits per heavy atom. The molecule has 2 saturated heterocycles. The van der Waals surface area contributed by atoms with Gasteiger partial charge in [0, 0.05) is 24.2 Å². The highest BCUT2D eigenvalue weighted by molar-refractivity contribution is 5.68. The zero-order valence-electron chi connectivity index (χ0n) is 22.4. The lowest BCUT2D eigenvalue weighted by atomic mass is 10.0. The van der Waals surface area contributed by atoms with Crippen LogP contribution in [0.3, 0.4) is 0 Å². The summed E-state index contributed by atoms with van der Waals surface area (Å²) in [6.07, 6.45) is 7.15. The zero-order chi connectivity index (χ0) is 27.3. The predicted octanol–water partition coefficient (Wildman–Crippen LogP) is 7.63. The Morgan fingerprint density at radius 1 is 0.919 bits per heavy atom. The van der Waals surface area contributed by atoms with Crippen molar-refractivity contribution in [2.45, 2.75) is 52.1 Å². The number of carbonyl (C=O) groups excluding carboxylic acids is 1. The second-order valence-corrected chi connectivity index (χ2v) is 10.0. The summed E-state index contributed by atoms with van der Waals surface area (Å²) in [7, 11) is 0. The molecular formula is C31H40F2N2O2. The highest BCUT2D eigenvalue weighted by Crippen LogP contribution is 2.18. The average molecular weight is 511 g/mol. The lowest BCUT2D eigenvalue weighted by molar-refractivity contribution is 0.0236. The molecule has 4 rings (SSSR count). The number of hydrogen-bond acceptors (Lipinski definition) is 3. The van der Waals surface area contributed by atoms with Gasteiger partial charge in [0.05, 0.1) is 0 Å². The van der Waals surface area contributed by atoms with E-state index in [0.717, 1.165) is 51.9 Å². The van der Waals surface area contributed by atoms with Gasteiger partial charge in [0.2, 0.25) is 0 Å². The van der Waals surface area contributed by atoms with Crippen LogP contribution < -0.4 is 5.32 Å². The van der Waals surface area contributed by atoms with Crippen molar-refractivity contribution in [3.05, 3.63) is 95.6 Å². The van der Waals surface area contributed by atoms with Gasteiger partial charge >= 0.3 is 6.09 Å². The van der Waals surface area contributed by atoms with Crippen molar-refractivity contribution in [3.63, 3.8) is 0 Å². The molecule has 0 bridgehead atoms. The molecule has 0 unspecified atom stereocenters. The van der Waals surface area contributed by atoms with Crippen molar-refractivity contribution in [1.82, 2.24) is 10.2 Å². The molecule has 2 aromatic rings. The van der Waals surface area contributed by atoms with Crippen LogP contribution in [0, 0.1) is 11.6 Å². The molecule has 0 atom stereocenters. The molecule has 2 aliphatic heterocycles. The average Bonchev–Trinajstić information content (AvgIpc) is 2.87. The Kier molecular flexibility index (Phi) is 12.2. The molecule has 37 heavy (non-hydrogen) atoms. The van der Waals surface area contributed by atoms with E-state index in [1.165, 1.54) is 29.4 Å². The van der Waals surface area contributed by atoms with E-state index in [-0.39, 0.29) is 17.7 Å². The molecule has 2 fully saturated rings. The largest absolute Gasteiger partial charge is 0.444 e. The molecule has 1 amide bonds. The number of nitrogens with zero attached hydrogens (tertiary/aromatic N) is 1. The molecule has 6 heteroatoms. The van der Waals surface area contributed by atoms with Crippen LogP contribution in [0.5, 0.6) is 0 Å². The van der Waals surface area contributed by atoms with Gasteiger partial charge in [0.15, 0.2) is 0 Å². The number of likely N-dealkylation sites (tertiary alicyclic amines) is 1. The first-order valence-corrected chi connectivity index (χ1v) is 12.8. The van der Waals surface area contributed by atoms with Gasteiger partial charge in [0.1, 0.15) is 17.2 Å². The Labute approximate surface area is 220 Å². The molecule has 200 valence electrons. The fourth-order valence-corrected chi connectivity index (χ4v) is 3.68. The first-order chi connectivity index (χ1) is 17.6. The van der Waals surface area contributed by atoms with Crippen molar-refractivity contribution < 1.29 is 18.3 Å². The highest BCUT2D eigenvalue weighted by atomic mass is 19.1. The number of piperidine rings is 2. The maximum atomic E-state index is 13.3. The van der Waals surface area contributed by atoms with Gasteiger partial charge in [-0.05, 0) is 71.7 Å². The summed E-state index contributed by atoms with van der Waals surface area (Å²) in [5.74, 6) is -0.342. The standard InChI is InChI=1S/C12H14FN.C11H19NO2.C8H7F/c13-12-4-2-1-3-11(12)9-10-5-7-14-8-6-10;1-9-5-7-12(8-6-9)10(13)14-11(2,3)4;1-2-7-5-3-4-6-8(7)9/h1-4,9,14H,5-8H2;1,5-8H2,2-4H3;2-6H,1H2. The van der Waals surface area contributed by atoms with Crippen LogP contribution in [0.25, 0.3) is 12.2 Å². The Bertz CT molecular complexity index is 1050. The second kappa shape index (κ2) is 15.1. The minimum atomic E-state index is -0.397. The van der Waals surface area contributed by atoms with Crippen LogP contribution >= 0.6 is 0 Å². The number of benzene rings is 2. The molecule has 1 N–H and O–H groups in total. The molecule has 0 radical (unpaired) electrons. The summed E-state index contributed by atoms with van der Waals surface area (Å²) in [6.45, 7) is 16.5. The first-order valence-electron chi connectivity index (χ1n) is 12.8. The first kappa shape index (κ1) is 30.0. The number of hydrogen-bond donors (Lipinski definition) is 1. The van der Waals surface area contributed by atoms with Crippen LogP contribution in [0.1, 0.15) is 57.6 Å². The van der Waals surface area contributed by atoms with E-state index in [4.69, 9.17) is 4.74 Å². The molecule has 2 heterocycles. The van der Waals surface area contributed by atoms with Gasteiger partial charge in [0.25, 0.3) is 0 Å². The minimum Gasteiger partial charge on any atom is -0.444 e. The Hall–Kier alpha value is -3.25. The summed E-state index contributed by atoms with van der Waals surface area (Å²) in [4.78, 5) is 13.3. The molecule has 2 aromatic carbocycles. The van der Waals surface area contributed by atoms with Gasteiger partial charge in [-0.2, -0.15) is 0 Å². The zero-order valence-corrected chi connectivity index (χ0v) is 22.4. The van der Waals surface area contributed by atoms with Crippen LogP contribution in [0.2, 0.25) is 0 Å². The Morgan fingerprint density at radius 3 is 1.89 bits per heavy atom. The highest BCUT2D eigenvalue weighted by Gasteiger charge is 2.23. The predicted molar refractivity (Wildman–Crippen MR) is 149 cm³/mol. The van der Waals surface area contributed by atoms with Crippen LogP contribution in [0.15, 0.2) is 72.8 Å². The van der Waals surface area contributed by atoms with Gasteiger partial charge in [-0.15, -0.1) is 0 Å². The normalized spacial score (nSPS) is 15.4. The number of amides is 1. The van der Waals surface area contributed by atoms with E-state index >= 15 is 0 Å². The topological polar surface area (TPSA) is 41.6 Å². The van der Waals surface area contributed by atoms with E-state index < -0.39 is 5.60 Å². The maximum absolute atomic E-state index is 13.3. The fraction of sp³-hybridized carbons (Fsp3) is 0.387. The quantitative estimate of drug-likeness (QED) is 0.422. The lowest BCUT2D eigenvalue weighted by Gasteiger charge is -2.30. The van der Waals surface area contributed by atoms with E-state index in [0.29, 0.717) is 11.1 Å². The summed E-state index contributed by atoms with van der Waals surface area (Å²) in [5, 5.41) is 3.28. The summed E-state index contributed by atoms with van der Waals surface area (Å²) in [5.41, 5.74) is 3.44. The molecule has 0 aliphatic carbocycles. The summed E-state index contributed by atoms with van der Waals surface area (Å²) in [6, 6.07) is 13.5. The smallest absolute Gasteiger partial charge is 0.410 e. The lowest BCUT2D eigenvalue weighted by Crippen LogP contribution is -2.40. The molecular weight excluding hydrogens is 470 g/mol. The molecule has 0 spiro atoms. The number of rotatable bonds is 2. The van der Waals surface area contributed by atoms with Gasteiger partial charge in [-0.3, -0.25) is 0 Å². The van der Waals surface area contributed by atoms with E-state index in [1.807, 2.05) is 39.0 Å². The minimum absolute atomic E-state index is 0.126. The molecule has 4 nitrogen and oxygen atoms in total. The van der Waals surface area contributed by atoms with Crippen molar-refractivity contribution >= 4 is 18.2 Å². The third kappa shape index (κ3) is 11.6. The third-order valence-electron chi connectivity index (χ3n) is 5.76. The Balaban J connectivity index is 0.000000200. The van der Waals surface area contributed by atoms with Crippen molar-refractivity contribution in [2.75, 3.05) is 26.2 Å². The number of nitrogens with one attached hydrogen (secondary N) is 1. The van der Waals surface area contributed by atoms with E-state index in [2.05, 4.69) is 18.5 Å². The summed E-state index contributed by atoms with van der Waals surface area (Å²) >= 11 is 0. The third-order valence-corrected chi connectivity index (χ3v) is 5.76. The number of carbonyl (C=O) groups is 1. The van der Waals surface area contributed by atoms with Gasteiger partial charge < -0.3 is 15.0 Å². The van der Waals surface area contributed by atoms with E-state index in [9.17, 15) is 13.6 Å². The van der Waals surface area contributed by atoms with Crippen molar-refractivity contribution in [2.24, 2.45) is 0 Å².